The zero-order valence-electron chi connectivity index (χ0n) is 7.82. The number of anilines is 1. The van der Waals surface area contributed by atoms with Gasteiger partial charge in [0.1, 0.15) is 4.88 Å². The number of nitrogens with one attached hydrogen (secondary N) is 1. The first-order chi connectivity index (χ1) is 6.83. The summed E-state index contributed by atoms with van der Waals surface area (Å²) >= 11 is 1.48. The molecule has 1 amide bonds. The van der Waals surface area contributed by atoms with Crippen LogP contribution in [0, 0.1) is 0 Å². The first-order valence-corrected chi connectivity index (χ1v) is 5.51. The SMILES string of the molecule is NCCN1CCNC(=O)c2sccc21. The van der Waals surface area contributed by atoms with Crippen LogP contribution in [0.3, 0.4) is 0 Å². The zero-order valence-corrected chi connectivity index (χ0v) is 8.64. The summed E-state index contributed by atoms with van der Waals surface area (Å²) < 4.78 is 0. The maximum Gasteiger partial charge on any atom is 0.263 e. The number of rotatable bonds is 2. The van der Waals surface area contributed by atoms with Crippen LogP contribution < -0.4 is 16.0 Å². The Hall–Kier alpha value is -1.07. The third kappa shape index (κ3) is 1.60. The minimum absolute atomic E-state index is 0.0366. The highest BCUT2D eigenvalue weighted by atomic mass is 32.1. The minimum Gasteiger partial charge on any atom is -0.367 e. The number of carbonyl (C=O) groups is 1. The molecule has 2 heterocycles. The molecule has 0 spiro atoms. The average molecular weight is 211 g/mol. The molecule has 0 unspecified atom stereocenters. The van der Waals surface area contributed by atoms with E-state index in [4.69, 9.17) is 5.73 Å². The summed E-state index contributed by atoms with van der Waals surface area (Å²) in [6.07, 6.45) is 0. The smallest absolute Gasteiger partial charge is 0.263 e. The van der Waals surface area contributed by atoms with Crippen molar-refractivity contribution >= 4 is 22.9 Å². The summed E-state index contributed by atoms with van der Waals surface area (Å²) in [5.74, 6) is 0.0366. The fourth-order valence-electron chi connectivity index (χ4n) is 1.61. The van der Waals surface area contributed by atoms with Gasteiger partial charge in [-0.1, -0.05) is 0 Å². The second kappa shape index (κ2) is 3.98. The highest BCUT2D eigenvalue weighted by molar-refractivity contribution is 7.12. The van der Waals surface area contributed by atoms with Gasteiger partial charge in [0.2, 0.25) is 0 Å². The van der Waals surface area contributed by atoms with Crippen molar-refractivity contribution in [3.63, 3.8) is 0 Å². The van der Waals surface area contributed by atoms with Gasteiger partial charge in [0, 0.05) is 26.2 Å². The van der Waals surface area contributed by atoms with Crippen molar-refractivity contribution in [1.29, 1.82) is 0 Å². The lowest BCUT2D eigenvalue weighted by Crippen LogP contribution is -2.33. The number of nitrogens with zero attached hydrogens (tertiary/aromatic N) is 1. The standard InChI is InChI=1S/C9H13N3OS/c10-2-4-12-5-3-11-9(13)8-7(12)1-6-14-8/h1,6H,2-5,10H2,(H,11,13). The van der Waals surface area contributed by atoms with Crippen molar-refractivity contribution in [2.75, 3.05) is 31.1 Å². The molecule has 1 aromatic heterocycles. The molecule has 4 nitrogen and oxygen atoms in total. The van der Waals surface area contributed by atoms with Crippen LogP contribution in [0.4, 0.5) is 5.69 Å². The first-order valence-electron chi connectivity index (χ1n) is 4.63. The number of hydrogen-bond acceptors (Lipinski definition) is 4. The van der Waals surface area contributed by atoms with Crippen molar-refractivity contribution in [3.05, 3.63) is 16.3 Å². The van der Waals surface area contributed by atoms with Crippen molar-refractivity contribution in [2.45, 2.75) is 0 Å². The van der Waals surface area contributed by atoms with Gasteiger partial charge in [-0.25, -0.2) is 0 Å². The number of thiophene rings is 1. The third-order valence-corrected chi connectivity index (χ3v) is 3.16. The predicted molar refractivity (Wildman–Crippen MR) is 57.9 cm³/mol. The lowest BCUT2D eigenvalue weighted by molar-refractivity contribution is 0.0962. The van der Waals surface area contributed by atoms with E-state index in [0.29, 0.717) is 13.1 Å². The Labute approximate surface area is 86.7 Å². The molecular weight excluding hydrogens is 198 g/mol. The summed E-state index contributed by atoms with van der Waals surface area (Å²) in [6.45, 7) is 2.95. The van der Waals surface area contributed by atoms with Gasteiger partial charge in [-0.05, 0) is 11.4 Å². The predicted octanol–water partition coefficient (Wildman–Crippen LogP) is 0.257. The molecule has 0 radical (unpaired) electrons. The highest BCUT2D eigenvalue weighted by Crippen LogP contribution is 2.27. The van der Waals surface area contributed by atoms with Crippen molar-refractivity contribution in [3.8, 4) is 0 Å². The number of amides is 1. The van der Waals surface area contributed by atoms with E-state index in [1.807, 2.05) is 11.4 Å². The van der Waals surface area contributed by atoms with Gasteiger partial charge in [0.05, 0.1) is 5.69 Å². The molecule has 0 atom stereocenters. The Morgan fingerprint density at radius 1 is 1.64 bits per heavy atom. The molecule has 14 heavy (non-hydrogen) atoms. The number of fused-ring (bicyclic) bond motifs is 1. The van der Waals surface area contributed by atoms with Gasteiger partial charge in [0.15, 0.2) is 0 Å². The summed E-state index contributed by atoms with van der Waals surface area (Å²) in [5.41, 5.74) is 6.55. The third-order valence-electron chi connectivity index (χ3n) is 2.26. The molecule has 5 heteroatoms. The Kier molecular flexibility index (Phi) is 2.69. The lowest BCUT2D eigenvalue weighted by atomic mass is 10.3. The second-order valence-corrected chi connectivity index (χ2v) is 4.08. The Balaban J connectivity index is 2.31. The van der Waals surface area contributed by atoms with E-state index in [-0.39, 0.29) is 5.91 Å². The normalized spacial score (nSPS) is 16.1. The molecule has 0 saturated heterocycles. The number of carbonyl (C=O) groups excluding carboxylic acids is 1. The van der Waals surface area contributed by atoms with Crippen LogP contribution in [0.5, 0.6) is 0 Å². The molecule has 76 valence electrons. The van der Waals surface area contributed by atoms with Gasteiger partial charge >= 0.3 is 0 Å². The van der Waals surface area contributed by atoms with Gasteiger partial charge in [-0.3, -0.25) is 4.79 Å². The van der Waals surface area contributed by atoms with Gasteiger partial charge in [-0.15, -0.1) is 11.3 Å². The average Bonchev–Trinajstić information content (AvgIpc) is 2.60. The molecule has 1 aliphatic heterocycles. The Morgan fingerprint density at radius 2 is 2.50 bits per heavy atom. The van der Waals surface area contributed by atoms with E-state index >= 15 is 0 Å². The van der Waals surface area contributed by atoms with E-state index in [1.165, 1.54) is 11.3 Å². The van der Waals surface area contributed by atoms with Gasteiger partial charge in [0.25, 0.3) is 5.91 Å². The van der Waals surface area contributed by atoms with Gasteiger partial charge in [-0.2, -0.15) is 0 Å². The molecule has 0 aliphatic carbocycles. The molecule has 1 aromatic rings. The molecule has 2 rings (SSSR count). The monoisotopic (exact) mass is 211 g/mol. The van der Waals surface area contributed by atoms with E-state index in [9.17, 15) is 4.79 Å². The summed E-state index contributed by atoms with van der Waals surface area (Å²) in [7, 11) is 0. The van der Waals surface area contributed by atoms with E-state index in [0.717, 1.165) is 23.7 Å². The first kappa shape index (κ1) is 9.48. The van der Waals surface area contributed by atoms with Crippen molar-refractivity contribution in [2.24, 2.45) is 5.73 Å². The van der Waals surface area contributed by atoms with Crippen molar-refractivity contribution in [1.82, 2.24) is 5.32 Å². The van der Waals surface area contributed by atoms with Crippen LogP contribution in [-0.2, 0) is 0 Å². The Morgan fingerprint density at radius 3 is 3.29 bits per heavy atom. The van der Waals surface area contributed by atoms with Crippen LogP contribution in [-0.4, -0.2) is 32.1 Å². The highest BCUT2D eigenvalue weighted by Gasteiger charge is 2.20. The van der Waals surface area contributed by atoms with Crippen LogP contribution in [0.15, 0.2) is 11.4 Å². The molecule has 0 fully saturated rings. The fourth-order valence-corrected chi connectivity index (χ4v) is 2.44. The minimum atomic E-state index is 0.0366. The van der Waals surface area contributed by atoms with Crippen LogP contribution in [0.1, 0.15) is 9.67 Å². The van der Waals surface area contributed by atoms with E-state index in [1.54, 1.807) is 0 Å². The Bertz CT molecular complexity index is 337. The number of nitrogens with two attached hydrogens (primary N) is 1. The summed E-state index contributed by atoms with van der Waals surface area (Å²) in [6, 6.07) is 1.99. The lowest BCUT2D eigenvalue weighted by Gasteiger charge is -2.20. The molecule has 0 aromatic carbocycles. The maximum atomic E-state index is 11.6. The largest absolute Gasteiger partial charge is 0.367 e. The summed E-state index contributed by atoms with van der Waals surface area (Å²) in [5, 5.41) is 4.81. The second-order valence-electron chi connectivity index (χ2n) is 3.17. The van der Waals surface area contributed by atoms with Crippen LogP contribution in [0.25, 0.3) is 0 Å². The molecule has 1 aliphatic rings. The maximum absolute atomic E-state index is 11.6. The van der Waals surface area contributed by atoms with Gasteiger partial charge < -0.3 is 16.0 Å². The molecule has 0 bridgehead atoms. The van der Waals surface area contributed by atoms with Crippen LogP contribution >= 0.6 is 11.3 Å². The van der Waals surface area contributed by atoms with Crippen molar-refractivity contribution < 1.29 is 4.79 Å². The van der Waals surface area contributed by atoms with E-state index in [2.05, 4.69) is 10.2 Å². The zero-order chi connectivity index (χ0) is 9.97. The van der Waals surface area contributed by atoms with Crippen LogP contribution in [0.2, 0.25) is 0 Å². The number of hydrogen-bond donors (Lipinski definition) is 2. The molecular formula is C9H13N3OS. The topological polar surface area (TPSA) is 58.4 Å². The fraction of sp³-hybridized carbons (Fsp3) is 0.444. The molecule has 3 N–H and O–H groups in total. The quantitative estimate of drug-likeness (QED) is 0.737. The van der Waals surface area contributed by atoms with E-state index < -0.39 is 0 Å². The summed E-state index contributed by atoms with van der Waals surface area (Å²) in [4.78, 5) is 14.5. The molecule has 0 saturated carbocycles.